The lowest BCUT2D eigenvalue weighted by Crippen LogP contribution is -2.51. The van der Waals surface area contributed by atoms with E-state index in [1.165, 1.54) is 12.4 Å². The standard InChI is InChI=1S/C18H20F3N5O2/c1-2-26(10-16(27)28)13-6-12(7-13)23-15-8-14(18(19,20)21)24-17(25-15)11-4-3-5-22-9-11/h3-5,8-9,12-13H,2,6-7,10H2,1H3,(H,27,28)(H,23,24,25). The van der Waals surface area contributed by atoms with Gasteiger partial charge in [-0.15, -0.1) is 0 Å². The number of aromatic nitrogens is 3. The molecule has 2 heterocycles. The average molecular weight is 395 g/mol. The van der Waals surface area contributed by atoms with E-state index in [0.717, 1.165) is 6.07 Å². The fourth-order valence-electron chi connectivity index (χ4n) is 3.18. The van der Waals surface area contributed by atoms with Gasteiger partial charge in [-0.05, 0) is 31.5 Å². The molecule has 0 spiro atoms. The lowest BCUT2D eigenvalue weighted by molar-refractivity contribution is -0.141. The van der Waals surface area contributed by atoms with Gasteiger partial charge in [0.05, 0.1) is 6.54 Å². The van der Waals surface area contributed by atoms with Crippen LogP contribution in [0.15, 0.2) is 30.6 Å². The van der Waals surface area contributed by atoms with Gasteiger partial charge < -0.3 is 10.4 Å². The molecule has 2 aromatic rings. The van der Waals surface area contributed by atoms with Crippen LogP contribution in [0.25, 0.3) is 11.4 Å². The Bertz CT molecular complexity index is 826. The maximum absolute atomic E-state index is 13.2. The lowest BCUT2D eigenvalue weighted by Gasteiger charge is -2.42. The zero-order valence-electron chi connectivity index (χ0n) is 15.1. The monoisotopic (exact) mass is 395 g/mol. The SMILES string of the molecule is CCN(CC(=O)O)C1CC(Nc2cc(C(F)(F)F)nc(-c3cccnc3)n2)C1. The summed E-state index contributed by atoms with van der Waals surface area (Å²) in [4.78, 5) is 24.5. The van der Waals surface area contributed by atoms with E-state index in [-0.39, 0.29) is 30.3 Å². The van der Waals surface area contributed by atoms with Crippen LogP contribution in [0.2, 0.25) is 0 Å². The van der Waals surface area contributed by atoms with E-state index in [4.69, 9.17) is 5.11 Å². The molecule has 10 heteroatoms. The van der Waals surface area contributed by atoms with E-state index in [0.29, 0.717) is 24.9 Å². The second-order valence-electron chi connectivity index (χ2n) is 6.62. The topological polar surface area (TPSA) is 91.2 Å². The smallest absolute Gasteiger partial charge is 0.433 e. The van der Waals surface area contributed by atoms with Crippen LogP contribution in [-0.2, 0) is 11.0 Å². The van der Waals surface area contributed by atoms with Crippen LogP contribution in [0, 0.1) is 0 Å². The quantitative estimate of drug-likeness (QED) is 0.745. The molecule has 2 aromatic heterocycles. The highest BCUT2D eigenvalue weighted by Crippen LogP contribution is 2.33. The molecule has 0 atom stereocenters. The summed E-state index contributed by atoms with van der Waals surface area (Å²) < 4.78 is 39.7. The Labute approximate surface area is 159 Å². The van der Waals surface area contributed by atoms with Gasteiger partial charge in [0.2, 0.25) is 0 Å². The molecule has 1 fully saturated rings. The Balaban J connectivity index is 1.75. The predicted molar refractivity (Wildman–Crippen MR) is 95.6 cm³/mol. The van der Waals surface area contributed by atoms with Crippen molar-refractivity contribution in [1.29, 1.82) is 0 Å². The molecule has 3 rings (SSSR count). The number of carbonyl (C=O) groups is 1. The van der Waals surface area contributed by atoms with Crippen molar-refractivity contribution < 1.29 is 23.1 Å². The van der Waals surface area contributed by atoms with Crippen molar-refractivity contribution >= 4 is 11.8 Å². The van der Waals surface area contributed by atoms with E-state index < -0.39 is 17.8 Å². The number of halogens is 3. The van der Waals surface area contributed by atoms with Gasteiger partial charge >= 0.3 is 12.1 Å². The molecule has 0 aromatic carbocycles. The maximum Gasteiger partial charge on any atom is 0.433 e. The minimum absolute atomic E-state index is 0.0508. The van der Waals surface area contributed by atoms with E-state index in [1.807, 2.05) is 11.8 Å². The summed E-state index contributed by atoms with van der Waals surface area (Å²) in [5, 5.41) is 12.0. The number of carboxylic acid groups (broad SMARTS) is 1. The predicted octanol–water partition coefficient (Wildman–Crippen LogP) is 2.91. The Morgan fingerprint density at radius 2 is 2.11 bits per heavy atom. The van der Waals surface area contributed by atoms with Crippen LogP contribution in [0.4, 0.5) is 19.0 Å². The highest BCUT2D eigenvalue weighted by Gasteiger charge is 2.36. The second kappa shape index (κ2) is 8.09. The summed E-state index contributed by atoms with van der Waals surface area (Å²) in [5.74, 6) is -0.863. The van der Waals surface area contributed by atoms with Gasteiger partial charge in [0.15, 0.2) is 11.5 Å². The summed E-state index contributed by atoms with van der Waals surface area (Å²) in [6.07, 6.45) is -0.409. The van der Waals surface area contributed by atoms with E-state index in [9.17, 15) is 18.0 Å². The molecule has 0 saturated heterocycles. The molecule has 1 aliphatic carbocycles. The Morgan fingerprint density at radius 3 is 2.68 bits per heavy atom. The zero-order chi connectivity index (χ0) is 20.3. The molecule has 0 unspecified atom stereocenters. The highest BCUT2D eigenvalue weighted by atomic mass is 19.4. The number of hydrogen-bond donors (Lipinski definition) is 2. The first-order valence-electron chi connectivity index (χ1n) is 8.85. The first-order valence-corrected chi connectivity index (χ1v) is 8.85. The molecule has 0 aliphatic heterocycles. The summed E-state index contributed by atoms with van der Waals surface area (Å²) in [6, 6.07) is 4.09. The highest BCUT2D eigenvalue weighted by molar-refractivity contribution is 5.69. The van der Waals surface area contributed by atoms with E-state index in [1.54, 1.807) is 12.1 Å². The normalized spacial score (nSPS) is 19.3. The number of nitrogens with zero attached hydrogens (tertiary/aromatic N) is 4. The van der Waals surface area contributed by atoms with Gasteiger partial charge in [0.25, 0.3) is 0 Å². The van der Waals surface area contributed by atoms with Gasteiger partial charge in [-0.3, -0.25) is 14.7 Å². The van der Waals surface area contributed by atoms with Crippen LogP contribution in [0.5, 0.6) is 0 Å². The van der Waals surface area contributed by atoms with Crippen molar-refractivity contribution in [1.82, 2.24) is 19.9 Å². The fourth-order valence-corrected chi connectivity index (χ4v) is 3.18. The van der Waals surface area contributed by atoms with E-state index >= 15 is 0 Å². The molecule has 0 radical (unpaired) electrons. The zero-order valence-corrected chi connectivity index (χ0v) is 15.1. The molecule has 7 nitrogen and oxygen atoms in total. The van der Waals surface area contributed by atoms with Gasteiger partial charge in [-0.2, -0.15) is 13.2 Å². The third kappa shape index (κ3) is 4.75. The molecular formula is C18H20F3N5O2. The van der Waals surface area contributed by atoms with Crippen molar-refractivity contribution in [3.05, 3.63) is 36.3 Å². The van der Waals surface area contributed by atoms with Crippen LogP contribution in [-0.4, -0.2) is 56.1 Å². The number of aliphatic carboxylic acids is 1. The Morgan fingerprint density at radius 1 is 1.36 bits per heavy atom. The van der Waals surface area contributed by atoms with Crippen molar-refractivity contribution in [3.8, 4) is 11.4 Å². The number of nitrogens with one attached hydrogen (secondary N) is 1. The Kier molecular flexibility index (Phi) is 5.78. The number of likely N-dealkylation sites (N-methyl/N-ethyl adjacent to an activating group) is 1. The number of carboxylic acids is 1. The number of pyridine rings is 1. The second-order valence-corrected chi connectivity index (χ2v) is 6.62. The number of anilines is 1. The third-order valence-corrected chi connectivity index (χ3v) is 4.66. The molecule has 0 amide bonds. The summed E-state index contributed by atoms with van der Waals surface area (Å²) in [6.45, 7) is 2.43. The van der Waals surface area contributed by atoms with Crippen LogP contribution < -0.4 is 5.32 Å². The summed E-state index contributed by atoms with van der Waals surface area (Å²) in [7, 11) is 0. The molecular weight excluding hydrogens is 375 g/mol. The fraction of sp³-hybridized carbons (Fsp3) is 0.444. The molecule has 2 N–H and O–H groups in total. The average Bonchev–Trinajstić information content (AvgIpc) is 2.62. The molecule has 0 bridgehead atoms. The minimum Gasteiger partial charge on any atom is -0.480 e. The molecule has 150 valence electrons. The van der Waals surface area contributed by atoms with Gasteiger partial charge in [-0.1, -0.05) is 6.92 Å². The van der Waals surface area contributed by atoms with Crippen molar-refractivity contribution in [2.75, 3.05) is 18.4 Å². The number of alkyl halides is 3. The first-order chi connectivity index (χ1) is 13.3. The van der Waals surface area contributed by atoms with E-state index in [2.05, 4.69) is 20.3 Å². The molecule has 1 saturated carbocycles. The maximum atomic E-state index is 13.2. The molecule has 1 aliphatic rings. The van der Waals surface area contributed by atoms with Crippen LogP contribution in [0.1, 0.15) is 25.5 Å². The minimum atomic E-state index is -4.60. The van der Waals surface area contributed by atoms with Gasteiger partial charge in [0.1, 0.15) is 5.82 Å². The summed E-state index contributed by atoms with van der Waals surface area (Å²) >= 11 is 0. The lowest BCUT2D eigenvalue weighted by atomic mass is 9.85. The number of hydrogen-bond acceptors (Lipinski definition) is 6. The third-order valence-electron chi connectivity index (χ3n) is 4.66. The summed E-state index contributed by atoms with van der Waals surface area (Å²) in [5.41, 5.74) is -0.637. The van der Waals surface area contributed by atoms with Crippen molar-refractivity contribution in [2.45, 2.75) is 38.0 Å². The van der Waals surface area contributed by atoms with Crippen LogP contribution >= 0.6 is 0 Å². The Hall–Kier alpha value is -2.75. The number of rotatable bonds is 7. The van der Waals surface area contributed by atoms with Gasteiger partial charge in [-0.25, -0.2) is 9.97 Å². The van der Waals surface area contributed by atoms with Crippen molar-refractivity contribution in [3.63, 3.8) is 0 Å². The largest absolute Gasteiger partial charge is 0.480 e. The molecule has 28 heavy (non-hydrogen) atoms. The van der Waals surface area contributed by atoms with Crippen molar-refractivity contribution in [2.24, 2.45) is 0 Å². The first kappa shape index (κ1) is 20.0. The van der Waals surface area contributed by atoms with Crippen LogP contribution in [0.3, 0.4) is 0 Å². The van der Waals surface area contributed by atoms with Gasteiger partial charge in [0, 0.05) is 36.1 Å².